The maximum atomic E-state index is 12.1. The third-order valence-corrected chi connectivity index (χ3v) is 4.37. The van der Waals surface area contributed by atoms with Crippen molar-refractivity contribution in [2.24, 2.45) is 5.92 Å². The second-order valence-corrected chi connectivity index (χ2v) is 6.39. The number of hydrogen-bond donors (Lipinski definition) is 1. The fraction of sp³-hybridized carbons (Fsp3) is 0.545. The van der Waals surface area contributed by atoms with Gasteiger partial charge in [0.2, 0.25) is 10.0 Å². The number of hydrogen-bond acceptors (Lipinski definition) is 3. The van der Waals surface area contributed by atoms with E-state index in [2.05, 4.69) is 4.98 Å². The first-order valence-electron chi connectivity index (χ1n) is 5.49. The van der Waals surface area contributed by atoms with E-state index in [1.54, 1.807) is 0 Å². The van der Waals surface area contributed by atoms with Gasteiger partial charge in [0, 0.05) is 19.8 Å². The summed E-state index contributed by atoms with van der Waals surface area (Å²) in [7, 11) is -2.19. The van der Waals surface area contributed by atoms with Gasteiger partial charge in [-0.3, -0.25) is 4.79 Å². The lowest BCUT2D eigenvalue weighted by Crippen LogP contribution is -2.32. The van der Waals surface area contributed by atoms with E-state index in [1.165, 1.54) is 29.7 Å². The molecule has 0 saturated heterocycles. The lowest BCUT2D eigenvalue weighted by atomic mass is 10.1. The van der Waals surface area contributed by atoms with E-state index in [1.807, 2.05) is 13.8 Å². The van der Waals surface area contributed by atoms with Crippen molar-refractivity contribution < 1.29 is 8.42 Å². The third kappa shape index (κ3) is 3.41. The lowest BCUT2D eigenvalue weighted by Gasteiger charge is -2.17. The summed E-state index contributed by atoms with van der Waals surface area (Å²) in [5.41, 5.74) is -0.580. The molecule has 0 amide bonds. The van der Waals surface area contributed by atoms with Gasteiger partial charge >= 0.3 is 0 Å². The van der Waals surface area contributed by atoms with E-state index < -0.39 is 15.6 Å². The molecule has 1 aromatic heterocycles. The fourth-order valence-corrected chi connectivity index (χ4v) is 2.56. The minimum absolute atomic E-state index is 0.203. The summed E-state index contributed by atoms with van der Waals surface area (Å²) in [5, 5.41) is 0. The van der Waals surface area contributed by atoms with Crippen molar-refractivity contribution in [1.29, 1.82) is 0 Å². The van der Waals surface area contributed by atoms with E-state index in [0.29, 0.717) is 12.5 Å². The van der Waals surface area contributed by atoms with Gasteiger partial charge in [0.15, 0.2) is 0 Å². The van der Waals surface area contributed by atoms with Crippen molar-refractivity contribution in [2.75, 3.05) is 13.6 Å². The number of nitrogens with one attached hydrogen (secondary N) is 1. The Morgan fingerprint density at radius 2 is 2.06 bits per heavy atom. The first-order valence-corrected chi connectivity index (χ1v) is 6.93. The Balaban J connectivity index is 2.96. The molecule has 0 aliphatic rings. The number of H-pyrrole nitrogens is 1. The van der Waals surface area contributed by atoms with Crippen LogP contribution >= 0.6 is 0 Å². The summed E-state index contributed by atoms with van der Waals surface area (Å²) in [6, 6.07) is 2.82. The SMILES string of the molecule is CC(C)CCN(C)S(=O)(=O)c1ccc[nH]c1=O. The molecule has 1 rings (SSSR count). The summed E-state index contributed by atoms with van der Waals surface area (Å²) in [6.45, 7) is 4.46. The molecule has 1 N–H and O–H groups in total. The molecule has 0 atom stereocenters. The molecule has 0 saturated carbocycles. The minimum atomic E-state index is -3.68. The highest BCUT2D eigenvalue weighted by Crippen LogP contribution is 2.11. The van der Waals surface area contributed by atoms with Crippen molar-refractivity contribution in [3.05, 3.63) is 28.7 Å². The zero-order chi connectivity index (χ0) is 13.1. The second-order valence-electron chi connectivity index (χ2n) is 4.37. The van der Waals surface area contributed by atoms with Gasteiger partial charge in [-0.05, 0) is 24.5 Å². The Morgan fingerprint density at radius 1 is 1.41 bits per heavy atom. The molecule has 0 aliphatic carbocycles. The second kappa shape index (κ2) is 5.46. The van der Waals surface area contributed by atoms with Crippen LogP contribution in [-0.4, -0.2) is 31.3 Å². The topological polar surface area (TPSA) is 70.2 Å². The van der Waals surface area contributed by atoms with Gasteiger partial charge in [-0.15, -0.1) is 0 Å². The van der Waals surface area contributed by atoms with Crippen LogP contribution in [0.2, 0.25) is 0 Å². The van der Waals surface area contributed by atoms with E-state index in [4.69, 9.17) is 0 Å². The Bertz CT molecular complexity index is 520. The van der Waals surface area contributed by atoms with Crippen LogP contribution < -0.4 is 5.56 Å². The van der Waals surface area contributed by atoms with Gasteiger partial charge in [-0.1, -0.05) is 13.8 Å². The van der Waals surface area contributed by atoms with Crippen molar-refractivity contribution in [1.82, 2.24) is 9.29 Å². The quantitative estimate of drug-likeness (QED) is 0.858. The van der Waals surface area contributed by atoms with Gasteiger partial charge < -0.3 is 4.98 Å². The Morgan fingerprint density at radius 3 is 2.59 bits per heavy atom. The van der Waals surface area contributed by atoms with Gasteiger partial charge in [0.1, 0.15) is 4.90 Å². The number of aromatic nitrogens is 1. The molecular weight excluding hydrogens is 240 g/mol. The largest absolute Gasteiger partial charge is 0.328 e. The van der Waals surface area contributed by atoms with E-state index in [-0.39, 0.29) is 4.90 Å². The Kier molecular flexibility index (Phi) is 4.47. The van der Waals surface area contributed by atoms with Crippen LogP contribution in [-0.2, 0) is 10.0 Å². The molecule has 1 heterocycles. The summed E-state index contributed by atoms with van der Waals surface area (Å²) >= 11 is 0. The number of nitrogens with zero attached hydrogens (tertiary/aromatic N) is 1. The maximum Gasteiger partial charge on any atom is 0.268 e. The molecular formula is C11H18N2O3S. The monoisotopic (exact) mass is 258 g/mol. The molecule has 1 aromatic rings. The standard InChI is InChI=1S/C11H18N2O3S/c1-9(2)6-8-13(3)17(15,16)10-5-4-7-12-11(10)14/h4-5,7,9H,6,8H2,1-3H3,(H,12,14). The predicted octanol–water partition coefficient (Wildman–Crippen LogP) is 1.04. The molecule has 0 unspecified atom stereocenters. The summed E-state index contributed by atoms with van der Waals surface area (Å²) in [5.74, 6) is 0.418. The molecule has 0 bridgehead atoms. The summed E-state index contributed by atoms with van der Waals surface area (Å²) in [6.07, 6.45) is 2.18. The van der Waals surface area contributed by atoms with Gasteiger partial charge in [0.05, 0.1) is 0 Å². The van der Waals surface area contributed by atoms with Gasteiger partial charge in [0.25, 0.3) is 5.56 Å². The highest BCUT2D eigenvalue weighted by Gasteiger charge is 2.23. The zero-order valence-corrected chi connectivity index (χ0v) is 11.1. The molecule has 5 nitrogen and oxygen atoms in total. The number of pyridine rings is 1. The normalized spacial score (nSPS) is 12.3. The van der Waals surface area contributed by atoms with Crippen LogP contribution in [0, 0.1) is 5.92 Å². The highest BCUT2D eigenvalue weighted by molar-refractivity contribution is 7.89. The molecule has 6 heteroatoms. The average Bonchev–Trinajstić information content (AvgIpc) is 2.26. The molecule has 0 aromatic carbocycles. The molecule has 0 spiro atoms. The summed E-state index contributed by atoms with van der Waals surface area (Å²) in [4.78, 5) is 13.6. The van der Waals surface area contributed by atoms with E-state index in [0.717, 1.165) is 6.42 Å². The third-order valence-electron chi connectivity index (χ3n) is 2.49. The Labute approximate surface area is 102 Å². The van der Waals surface area contributed by atoms with Crippen molar-refractivity contribution >= 4 is 10.0 Å². The van der Waals surface area contributed by atoms with Crippen molar-refractivity contribution in [2.45, 2.75) is 25.2 Å². The molecule has 96 valence electrons. The van der Waals surface area contributed by atoms with Crippen LogP contribution in [0.1, 0.15) is 20.3 Å². The number of sulfonamides is 1. The zero-order valence-electron chi connectivity index (χ0n) is 10.3. The smallest absolute Gasteiger partial charge is 0.268 e. The minimum Gasteiger partial charge on any atom is -0.328 e. The lowest BCUT2D eigenvalue weighted by molar-refractivity contribution is 0.427. The maximum absolute atomic E-state index is 12.1. The molecule has 0 aliphatic heterocycles. The molecule has 0 fully saturated rings. The van der Waals surface area contributed by atoms with Crippen LogP contribution in [0.5, 0.6) is 0 Å². The Hall–Kier alpha value is -1.14. The molecule has 0 radical (unpaired) electrons. The molecule has 17 heavy (non-hydrogen) atoms. The van der Waals surface area contributed by atoms with E-state index in [9.17, 15) is 13.2 Å². The van der Waals surface area contributed by atoms with Gasteiger partial charge in [-0.2, -0.15) is 0 Å². The first kappa shape index (κ1) is 13.9. The van der Waals surface area contributed by atoms with E-state index >= 15 is 0 Å². The number of rotatable bonds is 5. The van der Waals surface area contributed by atoms with Crippen LogP contribution in [0.15, 0.2) is 28.0 Å². The average molecular weight is 258 g/mol. The van der Waals surface area contributed by atoms with Crippen molar-refractivity contribution in [3.63, 3.8) is 0 Å². The number of aromatic amines is 1. The summed E-state index contributed by atoms with van der Waals surface area (Å²) < 4.78 is 25.4. The predicted molar refractivity (Wildman–Crippen MR) is 66.3 cm³/mol. The first-order chi connectivity index (χ1) is 7.85. The highest BCUT2D eigenvalue weighted by atomic mass is 32.2. The van der Waals surface area contributed by atoms with Crippen LogP contribution in [0.4, 0.5) is 0 Å². The fourth-order valence-electron chi connectivity index (χ4n) is 1.34. The van der Waals surface area contributed by atoms with Crippen LogP contribution in [0.3, 0.4) is 0 Å². The van der Waals surface area contributed by atoms with Gasteiger partial charge in [-0.25, -0.2) is 12.7 Å². The van der Waals surface area contributed by atoms with Crippen LogP contribution in [0.25, 0.3) is 0 Å². The van der Waals surface area contributed by atoms with Crippen molar-refractivity contribution in [3.8, 4) is 0 Å².